The van der Waals surface area contributed by atoms with Gasteiger partial charge >= 0.3 is 0 Å². The average molecular weight is 441 g/mol. The first kappa shape index (κ1) is 19.0. The summed E-state index contributed by atoms with van der Waals surface area (Å²) >= 11 is 9.47. The van der Waals surface area contributed by atoms with Crippen molar-refractivity contribution >= 4 is 39.1 Å². The maximum absolute atomic E-state index is 12.7. The van der Waals surface area contributed by atoms with E-state index in [-0.39, 0.29) is 12.0 Å². The van der Waals surface area contributed by atoms with Crippen LogP contribution in [0.25, 0.3) is 0 Å². The first-order chi connectivity index (χ1) is 12.6. The molecule has 0 saturated carbocycles. The fraction of sp³-hybridized carbons (Fsp3) is 0.316. The Labute approximate surface area is 165 Å². The summed E-state index contributed by atoms with van der Waals surface area (Å²) in [5.41, 5.74) is 0.912. The number of rotatable bonds is 6. The molecule has 5 nitrogen and oxygen atoms in total. The summed E-state index contributed by atoms with van der Waals surface area (Å²) in [4.78, 5) is 12.7. The van der Waals surface area contributed by atoms with Crippen molar-refractivity contribution < 1.29 is 19.0 Å². The van der Waals surface area contributed by atoms with E-state index in [0.29, 0.717) is 34.4 Å². The van der Waals surface area contributed by atoms with Gasteiger partial charge in [-0.1, -0.05) is 27.5 Å². The molecule has 1 aliphatic rings. The van der Waals surface area contributed by atoms with Crippen molar-refractivity contribution in [3.8, 4) is 11.5 Å². The molecule has 0 unspecified atom stereocenters. The van der Waals surface area contributed by atoms with Gasteiger partial charge in [0.25, 0.3) is 5.91 Å². The van der Waals surface area contributed by atoms with E-state index < -0.39 is 0 Å². The number of nitrogens with one attached hydrogen (secondary N) is 1. The van der Waals surface area contributed by atoms with E-state index in [1.807, 2.05) is 6.07 Å². The highest BCUT2D eigenvalue weighted by Gasteiger charge is 2.19. The molecule has 2 aromatic carbocycles. The summed E-state index contributed by atoms with van der Waals surface area (Å²) in [5.74, 6) is 0.717. The topological polar surface area (TPSA) is 56.8 Å². The van der Waals surface area contributed by atoms with Crippen molar-refractivity contribution in [1.82, 2.24) is 0 Å². The van der Waals surface area contributed by atoms with Crippen LogP contribution in [-0.2, 0) is 4.74 Å². The smallest absolute Gasteiger partial charge is 0.259 e. The molecule has 1 heterocycles. The Morgan fingerprint density at radius 2 is 2.12 bits per heavy atom. The van der Waals surface area contributed by atoms with Crippen molar-refractivity contribution in [2.24, 2.45) is 0 Å². The number of benzene rings is 2. The minimum Gasteiger partial charge on any atom is -0.496 e. The second kappa shape index (κ2) is 8.75. The maximum atomic E-state index is 12.7. The summed E-state index contributed by atoms with van der Waals surface area (Å²) < 4.78 is 17.5. The third-order valence-electron chi connectivity index (χ3n) is 4.04. The Balaban J connectivity index is 1.78. The largest absolute Gasteiger partial charge is 0.496 e. The van der Waals surface area contributed by atoms with Crippen molar-refractivity contribution in [1.29, 1.82) is 0 Å². The highest BCUT2D eigenvalue weighted by molar-refractivity contribution is 9.10. The normalized spacial score (nSPS) is 16.3. The van der Waals surface area contributed by atoms with Gasteiger partial charge in [0.15, 0.2) is 0 Å². The number of ether oxygens (including phenoxy) is 3. The highest BCUT2D eigenvalue weighted by atomic mass is 79.9. The van der Waals surface area contributed by atoms with E-state index in [1.54, 1.807) is 30.3 Å². The minimum atomic E-state index is -0.313. The Kier molecular flexibility index (Phi) is 6.40. The van der Waals surface area contributed by atoms with Gasteiger partial charge in [-0.15, -0.1) is 0 Å². The van der Waals surface area contributed by atoms with Gasteiger partial charge in [0, 0.05) is 16.1 Å². The summed E-state index contributed by atoms with van der Waals surface area (Å²) in [5, 5.41) is 3.36. The summed E-state index contributed by atoms with van der Waals surface area (Å²) in [7, 11) is 1.52. The Morgan fingerprint density at radius 3 is 2.85 bits per heavy atom. The number of anilines is 1. The standard InChI is InChI=1S/C19H19BrClNO4/c1-24-17-6-4-12(20)9-15(17)19(23)22-16-10-13(21)5-7-18(16)26-11-14-3-2-8-25-14/h4-7,9-10,14H,2-3,8,11H2,1H3,(H,22,23)/t14-/m1/s1. The monoisotopic (exact) mass is 439 g/mol. The van der Waals surface area contributed by atoms with Crippen LogP contribution in [0.1, 0.15) is 23.2 Å². The van der Waals surface area contributed by atoms with Gasteiger partial charge < -0.3 is 19.5 Å². The predicted octanol–water partition coefficient (Wildman–Crippen LogP) is 4.92. The van der Waals surface area contributed by atoms with Crippen LogP contribution >= 0.6 is 27.5 Å². The van der Waals surface area contributed by atoms with Crippen LogP contribution in [0.15, 0.2) is 40.9 Å². The zero-order valence-electron chi connectivity index (χ0n) is 14.3. The molecule has 0 bridgehead atoms. The third-order valence-corrected chi connectivity index (χ3v) is 4.77. The molecule has 1 atom stereocenters. The van der Waals surface area contributed by atoms with Crippen molar-refractivity contribution in [3.63, 3.8) is 0 Å². The minimum absolute atomic E-state index is 0.0828. The number of hydrogen-bond acceptors (Lipinski definition) is 4. The van der Waals surface area contributed by atoms with Crippen LogP contribution in [0.5, 0.6) is 11.5 Å². The van der Waals surface area contributed by atoms with Gasteiger partial charge in [0.05, 0.1) is 24.5 Å². The predicted molar refractivity (Wildman–Crippen MR) is 105 cm³/mol. The van der Waals surface area contributed by atoms with E-state index in [1.165, 1.54) is 7.11 Å². The van der Waals surface area contributed by atoms with Gasteiger partial charge in [-0.25, -0.2) is 0 Å². The lowest BCUT2D eigenvalue weighted by Crippen LogP contribution is -2.18. The quantitative estimate of drug-likeness (QED) is 0.692. The van der Waals surface area contributed by atoms with E-state index in [2.05, 4.69) is 21.2 Å². The van der Waals surface area contributed by atoms with Gasteiger partial charge in [-0.2, -0.15) is 0 Å². The maximum Gasteiger partial charge on any atom is 0.259 e. The molecule has 26 heavy (non-hydrogen) atoms. The molecule has 2 aromatic rings. The Morgan fingerprint density at radius 1 is 1.31 bits per heavy atom. The lowest BCUT2D eigenvalue weighted by Gasteiger charge is -2.16. The van der Waals surface area contributed by atoms with Gasteiger partial charge in [0.2, 0.25) is 0 Å². The van der Waals surface area contributed by atoms with E-state index in [9.17, 15) is 4.79 Å². The van der Waals surface area contributed by atoms with E-state index in [4.69, 9.17) is 25.8 Å². The molecule has 1 fully saturated rings. The van der Waals surface area contributed by atoms with Gasteiger partial charge in [-0.05, 0) is 49.2 Å². The van der Waals surface area contributed by atoms with Crippen molar-refractivity contribution in [2.45, 2.75) is 18.9 Å². The fourth-order valence-corrected chi connectivity index (χ4v) is 3.26. The number of halogens is 2. The highest BCUT2D eigenvalue weighted by Crippen LogP contribution is 2.31. The van der Waals surface area contributed by atoms with Crippen LogP contribution in [-0.4, -0.2) is 32.3 Å². The van der Waals surface area contributed by atoms with Crippen LogP contribution in [0, 0.1) is 0 Å². The second-order valence-electron chi connectivity index (χ2n) is 5.89. The second-order valence-corrected chi connectivity index (χ2v) is 7.24. The van der Waals surface area contributed by atoms with E-state index >= 15 is 0 Å². The summed E-state index contributed by atoms with van der Waals surface area (Å²) in [6.45, 7) is 1.20. The number of carbonyl (C=O) groups excluding carboxylic acids is 1. The van der Waals surface area contributed by atoms with Crippen LogP contribution in [0.2, 0.25) is 5.02 Å². The Bertz CT molecular complexity index is 793. The molecular weight excluding hydrogens is 422 g/mol. The van der Waals surface area contributed by atoms with Crippen LogP contribution in [0.3, 0.4) is 0 Å². The molecule has 0 aromatic heterocycles. The number of carbonyl (C=O) groups is 1. The lowest BCUT2D eigenvalue weighted by molar-refractivity contribution is 0.0682. The zero-order chi connectivity index (χ0) is 18.5. The number of amides is 1. The van der Waals surface area contributed by atoms with Gasteiger partial charge in [-0.3, -0.25) is 4.79 Å². The molecule has 3 rings (SSSR count). The Hall–Kier alpha value is -1.76. The molecule has 0 spiro atoms. The first-order valence-electron chi connectivity index (χ1n) is 8.25. The molecule has 7 heteroatoms. The summed E-state index contributed by atoms with van der Waals surface area (Å²) in [6.07, 6.45) is 2.10. The van der Waals surface area contributed by atoms with Crippen LogP contribution in [0.4, 0.5) is 5.69 Å². The SMILES string of the molecule is COc1ccc(Br)cc1C(=O)Nc1cc(Cl)ccc1OC[C@H]1CCCO1. The molecule has 1 aliphatic heterocycles. The lowest BCUT2D eigenvalue weighted by atomic mass is 10.1. The summed E-state index contributed by atoms with van der Waals surface area (Å²) in [6, 6.07) is 10.4. The molecular formula is C19H19BrClNO4. The van der Waals surface area contributed by atoms with Crippen molar-refractivity contribution in [2.75, 3.05) is 25.6 Å². The van der Waals surface area contributed by atoms with Crippen LogP contribution < -0.4 is 14.8 Å². The third kappa shape index (κ3) is 4.69. The van der Waals surface area contributed by atoms with Crippen molar-refractivity contribution in [3.05, 3.63) is 51.5 Å². The van der Waals surface area contributed by atoms with E-state index in [0.717, 1.165) is 23.9 Å². The zero-order valence-corrected chi connectivity index (χ0v) is 16.6. The average Bonchev–Trinajstić information content (AvgIpc) is 3.14. The molecule has 0 aliphatic carbocycles. The molecule has 1 N–H and O–H groups in total. The first-order valence-corrected chi connectivity index (χ1v) is 9.43. The molecule has 1 saturated heterocycles. The number of hydrogen-bond donors (Lipinski definition) is 1. The molecule has 138 valence electrons. The molecule has 1 amide bonds. The fourth-order valence-electron chi connectivity index (χ4n) is 2.73. The van der Waals surface area contributed by atoms with Gasteiger partial charge in [0.1, 0.15) is 18.1 Å². The number of methoxy groups -OCH3 is 1. The molecule has 0 radical (unpaired) electrons.